The van der Waals surface area contributed by atoms with Crippen LogP contribution in [0.15, 0.2) is 58.4 Å². The van der Waals surface area contributed by atoms with Gasteiger partial charge in [0.25, 0.3) is 0 Å². The highest BCUT2D eigenvalue weighted by Crippen LogP contribution is 2.32. The number of rotatable bonds is 11. The molecule has 1 aromatic carbocycles. The van der Waals surface area contributed by atoms with Crippen LogP contribution in [0.3, 0.4) is 0 Å². The minimum atomic E-state index is -0.716. The summed E-state index contributed by atoms with van der Waals surface area (Å²) in [6.45, 7) is 4.36. The Morgan fingerprint density at radius 3 is 2.89 bits per heavy atom. The fourth-order valence-corrected chi connectivity index (χ4v) is 4.75. The molecule has 6 nitrogen and oxygen atoms in total. The number of hydrogen-bond acceptors (Lipinski definition) is 6. The fourth-order valence-electron chi connectivity index (χ4n) is 4.75. The molecule has 1 saturated heterocycles. The zero-order valence-electron chi connectivity index (χ0n) is 21.5. The van der Waals surface area contributed by atoms with Crippen LogP contribution in [0.2, 0.25) is 0 Å². The summed E-state index contributed by atoms with van der Waals surface area (Å²) in [7, 11) is 5.46. The molecule has 2 radical (unpaired) electrons. The molecular weight excluding hydrogens is 451 g/mol. The van der Waals surface area contributed by atoms with E-state index in [-0.39, 0.29) is 30.3 Å². The number of aliphatic hydroxyl groups excluding tert-OH is 1. The second kappa shape index (κ2) is 14.7. The summed E-state index contributed by atoms with van der Waals surface area (Å²) in [5, 5.41) is 19.5. The molecule has 0 aromatic heterocycles. The van der Waals surface area contributed by atoms with Crippen molar-refractivity contribution in [2.75, 3.05) is 26.3 Å². The van der Waals surface area contributed by atoms with E-state index in [1.54, 1.807) is 12.1 Å². The van der Waals surface area contributed by atoms with E-state index in [4.69, 9.17) is 17.6 Å². The number of aromatic hydroxyl groups is 1. The van der Waals surface area contributed by atoms with Gasteiger partial charge in [0.1, 0.15) is 23.8 Å². The monoisotopic (exact) mass is 490 g/mol. The topological polar surface area (TPSA) is 82.4 Å². The Labute approximate surface area is 216 Å². The Morgan fingerprint density at radius 2 is 2.11 bits per heavy atom. The van der Waals surface area contributed by atoms with Crippen molar-refractivity contribution in [3.8, 4) is 11.5 Å². The van der Waals surface area contributed by atoms with Crippen molar-refractivity contribution in [3.05, 3.63) is 59.0 Å². The highest BCUT2D eigenvalue weighted by molar-refractivity contribution is 6.63. The number of ether oxygens (including phenoxy) is 1. The first-order valence-corrected chi connectivity index (χ1v) is 13.3. The molecule has 1 fully saturated rings. The van der Waals surface area contributed by atoms with E-state index >= 15 is 0 Å². The number of hydrogen-bond donors (Lipinski definition) is 2. The summed E-state index contributed by atoms with van der Waals surface area (Å²) >= 11 is 0. The zero-order chi connectivity index (χ0) is 25.8. The van der Waals surface area contributed by atoms with Gasteiger partial charge in [-0.15, -0.1) is 0 Å². The molecule has 0 amide bonds. The van der Waals surface area contributed by atoms with Crippen molar-refractivity contribution in [2.45, 2.75) is 71.1 Å². The summed E-state index contributed by atoms with van der Waals surface area (Å²) in [5.41, 5.74) is 3.99. The van der Waals surface area contributed by atoms with E-state index < -0.39 is 5.68 Å². The molecule has 2 aliphatic heterocycles. The number of unbranched alkanes of at least 4 members (excludes halogenated alkanes) is 1. The molecule has 2 heterocycles. The Hall–Kier alpha value is -2.80. The molecule has 2 N–H and O–H groups in total. The minimum absolute atomic E-state index is 0.00509. The van der Waals surface area contributed by atoms with Crippen LogP contribution in [0.1, 0.15) is 81.5 Å². The van der Waals surface area contributed by atoms with E-state index in [0.29, 0.717) is 6.42 Å². The van der Waals surface area contributed by atoms with E-state index in [1.807, 2.05) is 0 Å². The van der Waals surface area contributed by atoms with E-state index in [0.717, 1.165) is 70.2 Å². The van der Waals surface area contributed by atoms with Gasteiger partial charge in [0.2, 0.25) is 0 Å². The van der Waals surface area contributed by atoms with Gasteiger partial charge in [-0.1, -0.05) is 38.0 Å². The quantitative estimate of drug-likeness (QED) is 0.403. The molecule has 0 atom stereocenters. The second-order valence-corrected chi connectivity index (χ2v) is 9.28. The summed E-state index contributed by atoms with van der Waals surface area (Å²) in [6.07, 6.45) is 16.6. The van der Waals surface area contributed by atoms with Crippen LogP contribution in [-0.4, -0.2) is 60.7 Å². The molecule has 36 heavy (non-hydrogen) atoms. The number of carbonyl (C=O) groups excluding carboxylic acids is 1. The van der Waals surface area contributed by atoms with E-state index in [1.165, 1.54) is 29.5 Å². The highest BCUT2D eigenvalue weighted by atomic mass is 16.5. The average molecular weight is 490 g/mol. The van der Waals surface area contributed by atoms with Gasteiger partial charge >= 0.3 is 0 Å². The lowest BCUT2D eigenvalue weighted by Gasteiger charge is -2.31. The van der Waals surface area contributed by atoms with Gasteiger partial charge in [-0.05, 0) is 69.6 Å². The van der Waals surface area contributed by atoms with Crippen LogP contribution in [-0.2, 0) is 0 Å². The van der Waals surface area contributed by atoms with Crippen molar-refractivity contribution in [1.29, 1.82) is 0 Å². The summed E-state index contributed by atoms with van der Waals surface area (Å²) in [4.78, 5) is 19.2. The Balaban J connectivity index is 1.91. The lowest BCUT2D eigenvalue weighted by Crippen LogP contribution is -2.26. The number of allylic oxidation sites excluding steroid dienone is 4. The first-order valence-electron chi connectivity index (χ1n) is 13.3. The van der Waals surface area contributed by atoms with Gasteiger partial charge in [-0.25, -0.2) is 0 Å². The third-order valence-electron chi connectivity index (χ3n) is 6.56. The number of carbonyl (C=O) groups is 1. The molecule has 0 unspecified atom stereocenters. The molecule has 0 bridgehead atoms. The van der Waals surface area contributed by atoms with Crippen LogP contribution < -0.4 is 4.74 Å². The minimum Gasteiger partial charge on any atom is -0.507 e. The number of aliphatic imine (C=N–C) groups is 1. The lowest BCUT2D eigenvalue weighted by molar-refractivity contribution is 0.107. The third-order valence-corrected chi connectivity index (χ3v) is 6.56. The van der Waals surface area contributed by atoms with Gasteiger partial charge in [0, 0.05) is 42.4 Å². The maximum Gasteiger partial charge on any atom is 0.175 e. The second-order valence-electron chi connectivity index (χ2n) is 9.28. The normalized spacial score (nSPS) is 18.3. The van der Waals surface area contributed by atoms with Crippen molar-refractivity contribution in [2.24, 2.45) is 4.99 Å². The van der Waals surface area contributed by atoms with Gasteiger partial charge in [-0.2, -0.15) is 0 Å². The van der Waals surface area contributed by atoms with Crippen molar-refractivity contribution in [3.63, 3.8) is 0 Å². The van der Waals surface area contributed by atoms with Crippen LogP contribution in [0.5, 0.6) is 11.5 Å². The molecule has 1 aromatic rings. The molecule has 0 spiro atoms. The standard InChI is InChI=1S/C29H39BN2O4/c1-2-3-14-25(23-12-6-7-18-31-24(23)13-10-20-33)32-19-8-4-5-11-22(32)17-21-36-27-16-9-15-26(34)28(27)29(30)35/h9,12,14-17,33-34H,2-8,10-11,13,18-21H2,1H3/b22-17+,25-14-. The Kier molecular flexibility index (Phi) is 11.3. The van der Waals surface area contributed by atoms with Crippen molar-refractivity contribution < 1.29 is 19.7 Å². The first-order chi connectivity index (χ1) is 17.6. The molecule has 0 aliphatic carbocycles. The number of nitrogens with zero attached hydrogens (tertiary/aromatic N) is 2. The van der Waals surface area contributed by atoms with Crippen molar-refractivity contribution in [1.82, 2.24) is 4.90 Å². The predicted molar refractivity (Wildman–Crippen MR) is 146 cm³/mol. The molecular formula is C29H39BN2O4. The smallest absolute Gasteiger partial charge is 0.175 e. The summed E-state index contributed by atoms with van der Waals surface area (Å²) in [5.74, 6) is 0.106. The van der Waals surface area contributed by atoms with Gasteiger partial charge in [0.05, 0.1) is 5.56 Å². The fraction of sp³-hybridized carbons (Fsp3) is 0.517. The number of phenols is 1. The molecule has 7 heteroatoms. The van der Waals surface area contributed by atoms with Crippen LogP contribution in [0.25, 0.3) is 0 Å². The molecule has 3 rings (SSSR count). The van der Waals surface area contributed by atoms with Gasteiger partial charge < -0.3 is 24.6 Å². The highest BCUT2D eigenvalue weighted by Gasteiger charge is 2.23. The molecule has 192 valence electrons. The average Bonchev–Trinajstić information content (AvgIpc) is 3.24. The van der Waals surface area contributed by atoms with E-state index in [2.05, 4.69) is 30.1 Å². The maximum atomic E-state index is 11.8. The van der Waals surface area contributed by atoms with Crippen LogP contribution >= 0.6 is 0 Å². The van der Waals surface area contributed by atoms with Gasteiger partial charge in [0.15, 0.2) is 7.85 Å². The lowest BCUT2D eigenvalue weighted by atomic mass is 9.93. The van der Waals surface area contributed by atoms with Crippen molar-refractivity contribution >= 4 is 19.2 Å². The zero-order valence-corrected chi connectivity index (χ0v) is 21.5. The molecule has 2 aliphatic rings. The number of benzene rings is 1. The Bertz CT molecular complexity index is 1010. The largest absolute Gasteiger partial charge is 0.507 e. The summed E-state index contributed by atoms with van der Waals surface area (Å²) in [6, 6.07) is 4.72. The number of aliphatic hydroxyl groups is 1. The van der Waals surface area contributed by atoms with Gasteiger partial charge in [-0.3, -0.25) is 4.99 Å². The number of phenolic OH excluding ortho intramolecular Hbond substituents is 1. The molecule has 0 saturated carbocycles. The third kappa shape index (κ3) is 7.60. The predicted octanol–water partition coefficient (Wildman–Crippen LogP) is 5.46. The maximum absolute atomic E-state index is 11.8. The van der Waals surface area contributed by atoms with Crippen LogP contribution in [0.4, 0.5) is 0 Å². The first kappa shape index (κ1) is 27.8. The SMILES string of the molecule is [B]C(=O)c1c(O)cccc1OC/C=C1\CCCCCN1/C(=C\CCC)C1=CCCCN=C1CCCO. The van der Waals surface area contributed by atoms with Crippen LogP contribution in [0, 0.1) is 0 Å². The number of likely N-dealkylation sites (tertiary alicyclic amines) is 1. The summed E-state index contributed by atoms with van der Waals surface area (Å²) < 4.78 is 5.92. The Morgan fingerprint density at radius 1 is 1.25 bits per heavy atom. The van der Waals surface area contributed by atoms with E-state index in [9.17, 15) is 15.0 Å².